The number of carbonyl (C=O) groups is 1. The van der Waals surface area contributed by atoms with Crippen LogP contribution >= 0.6 is 11.3 Å². The lowest BCUT2D eigenvalue weighted by molar-refractivity contribution is -0.136. The number of carbonyl (C=O) groups excluding carboxylic acids is 1. The van der Waals surface area contributed by atoms with Gasteiger partial charge in [0.1, 0.15) is 11.6 Å². The van der Waals surface area contributed by atoms with Crippen molar-refractivity contribution in [3.63, 3.8) is 0 Å². The van der Waals surface area contributed by atoms with E-state index in [-0.39, 0.29) is 17.6 Å². The zero-order valence-electron chi connectivity index (χ0n) is 18.9. The average Bonchev–Trinajstić information content (AvgIpc) is 3.28. The summed E-state index contributed by atoms with van der Waals surface area (Å²) in [5.41, 5.74) is 1.99. The topological polar surface area (TPSA) is 48.9 Å². The van der Waals surface area contributed by atoms with Crippen molar-refractivity contribution in [3.8, 4) is 5.75 Å². The number of hydrogen-bond donors (Lipinski definition) is 0. The highest BCUT2D eigenvalue weighted by atomic mass is 32.1. The number of piperazine rings is 1. The Kier molecular flexibility index (Phi) is 6.35. The molecule has 6 nitrogen and oxygen atoms in total. The quantitative estimate of drug-likeness (QED) is 0.556. The van der Waals surface area contributed by atoms with E-state index in [0.717, 1.165) is 65.8 Å². The Balaban J connectivity index is 1.21. The van der Waals surface area contributed by atoms with Gasteiger partial charge in [-0.05, 0) is 62.2 Å². The fraction of sp³-hybridized carbons (Fsp3) is 0.440. The summed E-state index contributed by atoms with van der Waals surface area (Å²) < 4.78 is 19.9. The number of rotatable bonds is 5. The molecule has 174 valence electrons. The van der Waals surface area contributed by atoms with Crippen LogP contribution in [0.15, 0.2) is 42.5 Å². The standard InChI is InChI=1S/C25H29FN4O2S/c1-2-32-21-9-10-22-23(16-21)33-25(27-22)30-11-3-4-18(17-30)24(31)29-14-12-28(13-15-29)20-7-5-19(26)6-8-20/h5-10,16,18H,2-4,11-15,17H2,1H3/t18-/m0/s1. The second kappa shape index (κ2) is 9.55. The Morgan fingerprint density at radius 3 is 2.64 bits per heavy atom. The third kappa shape index (κ3) is 4.76. The number of benzene rings is 2. The number of fused-ring (bicyclic) bond motifs is 1. The van der Waals surface area contributed by atoms with Gasteiger partial charge in [-0.25, -0.2) is 9.37 Å². The monoisotopic (exact) mass is 468 g/mol. The van der Waals surface area contributed by atoms with Gasteiger partial charge in [-0.2, -0.15) is 0 Å². The Labute approximate surface area is 197 Å². The van der Waals surface area contributed by atoms with E-state index in [1.165, 1.54) is 12.1 Å². The molecule has 0 radical (unpaired) electrons. The maximum atomic E-state index is 13.3. The molecule has 0 aliphatic carbocycles. The van der Waals surface area contributed by atoms with Crippen molar-refractivity contribution in [2.45, 2.75) is 19.8 Å². The first-order chi connectivity index (χ1) is 16.1. The van der Waals surface area contributed by atoms with Crippen molar-refractivity contribution >= 4 is 38.3 Å². The number of anilines is 2. The van der Waals surface area contributed by atoms with Gasteiger partial charge in [0, 0.05) is 45.0 Å². The molecule has 8 heteroatoms. The van der Waals surface area contributed by atoms with Crippen molar-refractivity contribution in [2.24, 2.45) is 5.92 Å². The molecule has 1 atom stereocenters. The molecular formula is C25H29FN4O2S. The van der Waals surface area contributed by atoms with Crippen LogP contribution in [0.4, 0.5) is 15.2 Å². The minimum Gasteiger partial charge on any atom is -0.494 e. The number of thiazole rings is 1. The fourth-order valence-electron chi connectivity index (χ4n) is 4.73. The molecule has 2 saturated heterocycles. The summed E-state index contributed by atoms with van der Waals surface area (Å²) in [5, 5.41) is 0.984. The molecular weight excluding hydrogens is 439 g/mol. The lowest BCUT2D eigenvalue weighted by Gasteiger charge is -2.39. The van der Waals surface area contributed by atoms with Gasteiger partial charge in [-0.3, -0.25) is 4.79 Å². The van der Waals surface area contributed by atoms with E-state index < -0.39 is 0 Å². The molecule has 0 N–H and O–H groups in total. The zero-order valence-corrected chi connectivity index (χ0v) is 19.7. The van der Waals surface area contributed by atoms with Crippen LogP contribution in [0.1, 0.15) is 19.8 Å². The van der Waals surface area contributed by atoms with Gasteiger partial charge in [-0.15, -0.1) is 0 Å². The van der Waals surface area contributed by atoms with E-state index in [4.69, 9.17) is 9.72 Å². The van der Waals surface area contributed by atoms with Crippen LogP contribution in [-0.2, 0) is 4.79 Å². The van der Waals surface area contributed by atoms with Crippen molar-refractivity contribution in [1.82, 2.24) is 9.88 Å². The number of nitrogens with zero attached hydrogens (tertiary/aromatic N) is 4. The largest absolute Gasteiger partial charge is 0.494 e. The molecule has 33 heavy (non-hydrogen) atoms. The maximum absolute atomic E-state index is 13.3. The van der Waals surface area contributed by atoms with E-state index >= 15 is 0 Å². The summed E-state index contributed by atoms with van der Waals surface area (Å²) in [6, 6.07) is 12.6. The van der Waals surface area contributed by atoms with Crippen molar-refractivity contribution in [3.05, 3.63) is 48.3 Å². The highest BCUT2D eigenvalue weighted by Crippen LogP contribution is 2.34. The molecule has 2 aliphatic rings. The summed E-state index contributed by atoms with van der Waals surface area (Å²) in [7, 11) is 0. The molecule has 2 aliphatic heterocycles. The molecule has 2 aromatic carbocycles. The van der Waals surface area contributed by atoms with E-state index in [1.807, 2.05) is 30.0 Å². The number of hydrogen-bond acceptors (Lipinski definition) is 6. The summed E-state index contributed by atoms with van der Waals surface area (Å²) in [4.78, 5) is 24.6. The lowest BCUT2D eigenvalue weighted by atomic mass is 9.96. The Morgan fingerprint density at radius 2 is 1.88 bits per heavy atom. The van der Waals surface area contributed by atoms with Gasteiger partial charge >= 0.3 is 0 Å². The second-order valence-electron chi connectivity index (χ2n) is 8.63. The highest BCUT2D eigenvalue weighted by molar-refractivity contribution is 7.22. The van der Waals surface area contributed by atoms with Crippen LogP contribution in [0, 0.1) is 11.7 Å². The molecule has 0 bridgehead atoms. The molecule has 3 aromatic rings. The summed E-state index contributed by atoms with van der Waals surface area (Å²) >= 11 is 1.67. The molecule has 1 aromatic heterocycles. The number of piperidine rings is 1. The summed E-state index contributed by atoms with van der Waals surface area (Å²) in [6.45, 7) is 7.22. The lowest BCUT2D eigenvalue weighted by Crippen LogP contribution is -2.52. The first-order valence-corrected chi connectivity index (χ1v) is 12.5. The molecule has 1 amide bonds. The Bertz CT molecular complexity index is 1110. The predicted molar refractivity (Wildman–Crippen MR) is 131 cm³/mol. The van der Waals surface area contributed by atoms with Gasteiger partial charge in [-0.1, -0.05) is 11.3 Å². The first kappa shape index (κ1) is 21.9. The van der Waals surface area contributed by atoms with Crippen LogP contribution in [0.3, 0.4) is 0 Å². The van der Waals surface area contributed by atoms with E-state index in [1.54, 1.807) is 23.5 Å². The van der Waals surface area contributed by atoms with Crippen LogP contribution in [-0.4, -0.2) is 61.7 Å². The average molecular weight is 469 g/mol. The van der Waals surface area contributed by atoms with E-state index in [9.17, 15) is 9.18 Å². The molecule has 0 saturated carbocycles. The maximum Gasteiger partial charge on any atom is 0.227 e. The number of amides is 1. The van der Waals surface area contributed by atoms with Crippen LogP contribution in [0.2, 0.25) is 0 Å². The zero-order chi connectivity index (χ0) is 22.8. The molecule has 0 spiro atoms. The van der Waals surface area contributed by atoms with Crippen LogP contribution in [0.5, 0.6) is 5.75 Å². The Hall–Kier alpha value is -2.87. The fourth-order valence-corrected chi connectivity index (χ4v) is 5.76. The van der Waals surface area contributed by atoms with Gasteiger partial charge in [0.2, 0.25) is 5.91 Å². The second-order valence-corrected chi connectivity index (χ2v) is 9.64. The van der Waals surface area contributed by atoms with E-state index in [0.29, 0.717) is 19.7 Å². The third-order valence-corrected chi connectivity index (χ3v) is 7.56. The smallest absolute Gasteiger partial charge is 0.227 e. The molecule has 2 fully saturated rings. The van der Waals surface area contributed by atoms with Gasteiger partial charge in [0.05, 0.1) is 22.7 Å². The van der Waals surface area contributed by atoms with Gasteiger partial charge < -0.3 is 19.4 Å². The summed E-state index contributed by atoms with van der Waals surface area (Å²) in [5.74, 6) is 0.893. The number of ether oxygens (including phenoxy) is 1. The number of aromatic nitrogens is 1. The molecule has 5 rings (SSSR count). The third-order valence-electron chi connectivity index (χ3n) is 6.48. The van der Waals surface area contributed by atoms with Gasteiger partial charge in [0.25, 0.3) is 0 Å². The van der Waals surface area contributed by atoms with Crippen LogP contribution < -0.4 is 14.5 Å². The minimum absolute atomic E-state index is 0.00196. The van der Waals surface area contributed by atoms with Crippen molar-refractivity contribution < 1.29 is 13.9 Å². The van der Waals surface area contributed by atoms with E-state index in [2.05, 4.69) is 9.80 Å². The summed E-state index contributed by atoms with van der Waals surface area (Å²) in [6.07, 6.45) is 1.92. The van der Waals surface area contributed by atoms with Gasteiger partial charge in [0.15, 0.2) is 5.13 Å². The normalized spacial score (nSPS) is 19.2. The molecule has 0 unspecified atom stereocenters. The number of halogens is 1. The van der Waals surface area contributed by atoms with Crippen LogP contribution in [0.25, 0.3) is 10.2 Å². The van der Waals surface area contributed by atoms with Crippen molar-refractivity contribution in [2.75, 3.05) is 55.7 Å². The SMILES string of the molecule is CCOc1ccc2nc(N3CCC[C@H](C(=O)N4CCN(c5ccc(F)cc5)CC4)C3)sc2c1. The predicted octanol–water partition coefficient (Wildman–Crippen LogP) is 4.40. The first-order valence-electron chi connectivity index (χ1n) is 11.7. The Morgan fingerprint density at radius 1 is 1.09 bits per heavy atom. The minimum atomic E-state index is -0.225. The highest BCUT2D eigenvalue weighted by Gasteiger charge is 2.32. The van der Waals surface area contributed by atoms with Crippen molar-refractivity contribution in [1.29, 1.82) is 0 Å². The molecule has 3 heterocycles.